The highest BCUT2D eigenvalue weighted by molar-refractivity contribution is 7.21. The predicted molar refractivity (Wildman–Crippen MR) is 113 cm³/mol. The van der Waals surface area contributed by atoms with Crippen LogP contribution in [-0.4, -0.2) is 48.7 Å². The van der Waals surface area contributed by atoms with Crippen LogP contribution in [0.4, 0.5) is 5.82 Å². The molecule has 28 heavy (non-hydrogen) atoms. The second-order valence-corrected chi connectivity index (χ2v) is 8.03. The predicted octanol–water partition coefficient (Wildman–Crippen LogP) is 3.48. The number of hydrogen-bond donors (Lipinski definition) is 1. The maximum Gasteiger partial charge on any atom is 0.221 e. The van der Waals surface area contributed by atoms with Crippen molar-refractivity contribution in [3.05, 3.63) is 42.7 Å². The average molecular weight is 397 g/mol. The van der Waals surface area contributed by atoms with Crippen molar-refractivity contribution in [2.45, 2.75) is 25.4 Å². The molecule has 1 saturated heterocycles. The standard InChI is InChI=1S/C21H24N4O2S/c1-25(10-9-19(26)22-13-16-8-5-11-27-16)20-17-12-18(15-6-3-2-4-7-15)28-21(17)24-14-23-20/h2-4,6-7,12,14,16H,5,8-11,13H2,1H3,(H,22,26). The quantitative estimate of drug-likeness (QED) is 0.662. The maximum absolute atomic E-state index is 12.2. The summed E-state index contributed by atoms with van der Waals surface area (Å²) in [6, 6.07) is 12.4. The van der Waals surface area contributed by atoms with Gasteiger partial charge in [0.2, 0.25) is 5.91 Å². The van der Waals surface area contributed by atoms with Crippen LogP contribution < -0.4 is 10.2 Å². The van der Waals surface area contributed by atoms with Gasteiger partial charge in [-0.3, -0.25) is 4.79 Å². The van der Waals surface area contributed by atoms with Crippen molar-refractivity contribution in [3.8, 4) is 10.4 Å². The van der Waals surface area contributed by atoms with Gasteiger partial charge in [0.25, 0.3) is 0 Å². The Balaban J connectivity index is 1.41. The molecule has 0 bridgehead atoms. The van der Waals surface area contributed by atoms with Gasteiger partial charge in [0.15, 0.2) is 0 Å². The van der Waals surface area contributed by atoms with Crippen LogP contribution in [-0.2, 0) is 9.53 Å². The van der Waals surface area contributed by atoms with Gasteiger partial charge in [-0.1, -0.05) is 30.3 Å². The number of benzene rings is 1. The number of carbonyl (C=O) groups excluding carboxylic acids is 1. The third-order valence-corrected chi connectivity index (χ3v) is 6.05. The molecule has 1 aliphatic rings. The first-order valence-electron chi connectivity index (χ1n) is 9.60. The Morgan fingerprint density at radius 1 is 1.32 bits per heavy atom. The molecule has 0 radical (unpaired) electrons. The monoisotopic (exact) mass is 396 g/mol. The molecule has 1 unspecified atom stereocenters. The van der Waals surface area contributed by atoms with Crippen LogP contribution in [0.1, 0.15) is 19.3 Å². The van der Waals surface area contributed by atoms with E-state index in [0.717, 1.165) is 35.5 Å². The Kier molecular flexibility index (Phi) is 5.83. The number of aromatic nitrogens is 2. The molecule has 0 aliphatic carbocycles. The summed E-state index contributed by atoms with van der Waals surface area (Å²) >= 11 is 1.66. The van der Waals surface area contributed by atoms with Gasteiger partial charge in [-0.25, -0.2) is 9.97 Å². The van der Waals surface area contributed by atoms with E-state index in [1.807, 2.05) is 30.1 Å². The molecule has 1 aliphatic heterocycles. The molecule has 1 fully saturated rings. The highest BCUT2D eigenvalue weighted by atomic mass is 32.1. The molecule has 1 aromatic carbocycles. The second kappa shape index (κ2) is 8.67. The zero-order chi connectivity index (χ0) is 19.3. The Hall–Kier alpha value is -2.51. The van der Waals surface area contributed by atoms with Gasteiger partial charge in [0.1, 0.15) is 17.0 Å². The zero-order valence-corrected chi connectivity index (χ0v) is 16.7. The lowest BCUT2D eigenvalue weighted by atomic mass is 10.2. The van der Waals surface area contributed by atoms with Crippen molar-refractivity contribution in [1.29, 1.82) is 0 Å². The summed E-state index contributed by atoms with van der Waals surface area (Å²) in [5.41, 5.74) is 1.17. The molecule has 0 spiro atoms. The van der Waals surface area contributed by atoms with Crippen LogP contribution in [0.25, 0.3) is 20.7 Å². The van der Waals surface area contributed by atoms with Gasteiger partial charge in [0.05, 0.1) is 11.5 Å². The molecule has 1 atom stereocenters. The van der Waals surface area contributed by atoms with E-state index in [4.69, 9.17) is 4.74 Å². The van der Waals surface area contributed by atoms with E-state index in [0.29, 0.717) is 19.5 Å². The molecule has 1 N–H and O–H groups in total. The molecule has 3 heterocycles. The van der Waals surface area contributed by atoms with Crippen LogP contribution in [0.5, 0.6) is 0 Å². The Morgan fingerprint density at radius 3 is 2.96 bits per heavy atom. The summed E-state index contributed by atoms with van der Waals surface area (Å²) in [7, 11) is 1.97. The summed E-state index contributed by atoms with van der Waals surface area (Å²) in [6.07, 6.45) is 4.30. The highest BCUT2D eigenvalue weighted by Gasteiger charge is 2.17. The van der Waals surface area contributed by atoms with E-state index in [-0.39, 0.29) is 12.0 Å². The number of amides is 1. The largest absolute Gasteiger partial charge is 0.376 e. The van der Waals surface area contributed by atoms with Crippen molar-refractivity contribution in [1.82, 2.24) is 15.3 Å². The van der Waals surface area contributed by atoms with Crippen LogP contribution in [0.2, 0.25) is 0 Å². The topological polar surface area (TPSA) is 67.4 Å². The first-order chi connectivity index (χ1) is 13.7. The summed E-state index contributed by atoms with van der Waals surface area (Å²) in [5.74, 6) is 0.901. The average Bonchev–Trinajstić information content (AvgIpc) is 3.40. The number of ether oxygens (including phenoxy) is 1. The molecular weight excluding hydrogens is 372 g/mol. The molecule has 2 aromatic heterocycles. The van der Waals surface area contributed by atoms with Gasteiger partial charge in [-0.2, -0.15) is 0 Å². The summed E-state index contributed by atoms with van der Waals surface area (Å²) in [6.45, 7) is 2.00. The lowest BCUT2D eigenvalue weighted by Gasteiger charge is -2.18. The normalized spacial score (nSPS) is 16.4. The number of carbonyl (C=O) groups is 1. The third-order valence-electron chi connectivity index (χ3n) is 4.95. The molecular formula is C21H24N4O2S. The number of thiophene rings is 1. The lowest BCUT2D eigenvalue weighted by Crippen LogP contribution is -2.34. The van der Waals surface area contributed by atoms with Crippen LogP contribution >= 0.6 is 11.3 Å². The Bertz CT molecular complexity index is 938. The lowest BCUT2D eigenvalue weighted by molar-refractivity contribution is -0.121. The van der Waals surface area contributed by atoms with Crippen molar-refractivity contribution in [2.75, 3.05) is 31.6 Å². The van der Waals surface area contributed by atoms with Crippen molar-refractivity contribution < 1.29 is 9.53 Å². The van der Waals surface area contributed by atoms with Gasteiger partial charge in [-0.05, 0) is 24.5 Å². The van der Waals surface area contributed by atoms with Crippen LogP contribution in [0.3, 0.4) is 0 Å². The molecule has 146 valence electrons. The van der Waals surface area contributed by atoms with Gasteiger partial charge in [-0.15, -0.1) is 11.3 Å². The molecule has 0 saturated carbocycles. The Labute approximate surface area is 168 Å². The minimum Gasteiger partial charge on any atom is -0.376 e. The van der Waals surface area contributed by atoms with E-state index >= 15 is 0 Å². The van der Waals surface area contributed by atoms with E-state index in [1.165, 1.54) is 10.4 Å². The molecule has 3 aromatic rings. The minimum atomic E-state index is 0.0444. The number of rotatable bonds is 7. The second-order valence-electron chi connectivity index (χ2n) is 7.00. The number of nitrogens with zero attached hydrogens (tertiary/aromatic N) is 3. The van der Waals surface area contributed by atoms with Crippen LogP contribution in [0, 0.1) is 0 Å². The third kappa shape index (κ3) is 4.31. The fourth-order valence-corrected chi connectivity index (χ4v) is 4.39. The Morgan fingerprint density at radius 2 is 2.18 bits per heavy atom. The molecule has 6 nitrogen and oxygen atoms in total. The van der Waals surface area contributed by atoms with Crippen molar-refractivity contribution >= 4 is 33.3 Å². The van der Waals surface area contributed by atoms with E-state index in [9.17, 15) is 4.79 Å². The van der Waals surface area contributed by atoms with Gasteiger partial charge >= 0.3 is 0 Å². The number of fused-ring (bicyclic) bond motifs is 1. The summed E-state index contributed by atoms with van der Waals surface area (Å²) < 4.78 is 5.54. The van der Waals surface area contributed by atoms with E-state index in [2.05, 4.69) is 33.5 Å². The first kappa shape index (κ1) is 18.8. The first-order valence-corrected chi connectivity index (χ1v) is 10.4. The fourth-order valence-electron chi connectivity index (χ4n) is 3.39. The number of nitrogens with one attached hydrogen (secondary N) is 1. The van der Waals surface area contributed by atoms with E-state index < -0.39 is 0 Å². The molecule has 4 rings (SSSR count). The fraction of sp³-hybridized carbons (Fsp3) is 0.381. The molecule has 7 heteroatoms. The summed E-state index contributed by atoms with van der Waals surface area (Å²) in [5, 5.41) is 3.99. The maximum atomic E-state index is 12.2. The van der Waals surface area contributed by atoms with Crippen molar-refractivity contribution in [2.24, 2.45) is 0 Å². The summed E-state index contributed by atoms with van der Waals surface area (Å²) in [4.78, 5) is 25.2. The van der Waals surface area contributed by atoms with E-state index in [1.54, 1.807) is 17.7 Å². The van der Waals surface area contributed by atoms with Gasteiger partial charge in [0, 0.05) is 38.0 Å². The van der Waals surface area contributed by atoms with Gasteiger partial charge < -0.3 is 15.0 Å². The minimum absolute atomic E-state index is 0.0444. The smallest absolute Gasteiger partial charge is 0.221 e. The van der Waals surface area contributed by atoms with Crippen LogP contribution in [0.15, 0.2) is 42.7 Å². The number of anilines is 1. The zero-order valence-electron chi connectivity index (χ0n) is 15.9. The number of hydrogen-bond acceptors (Lipinski definition) is 6. The SMILES string of the molecule is CN(CCC(=O)NCC1CCCO1)c1ncnc2sc(-c3ccccc3)cc12. The molecule has 1 amide bonds. The van der Waals surface area contributed by atoms with Crippen molar-refractivity contribution in [3.63, 3.8) is 0 Å². The highest BCUT2D eigenvalue weighted by Crippen LogP contribution is 2.35.